The first-order valence-electron chi connectivity index (χ1n) is 7.04. The molecule has 1 fully saturated rings. The van der Waals surface area contributed by atoms with E-state index < -0.39 is 16.4 Å². The molecule has 110 valence electrons. The molecular formula is C15H17N3O3. The zero-order valence-electron chi connectivity index (χ0n) is 11.7. The summed E-state index contributed by atoms with van der Waals surface area (Å²) >= 11 is 0. The zero-order valence-corrected chi connectivity index (χ0v) is 11.7. The van der Waals surface area contributed by atoms with Gasteiger partial charge in [0.2, 0.25) is 0 Å². The average Bonchev–Trinajstić information content (AvgIpc) is 2.73. The molecule has 0 heterocycles. The van der Waals surface area contributed by atoms with Crippen LogP contribution in [0.1, 0.15) is 48.9 Å². The van der Waals surface area contributed by atoms with Crippen molar-refractivity contribution >= 4 is 11.6 Å². The maximum Gasteiger partial charge on any atom is 0.270 e. The predicted molar refractivity (Wildman–Crippen MR) is 76.6 cm³/mol. The number of carbonyl (C=O) groups excluding carboxylic acids is 1. The summed E-state index contributed by atoms with van der Waals surface area (Å²) in [4.78, 5) is 22.5. The van der Waals surface area contributed by atoms with Crippen molar-refractivity contribution in [2.75, 3.05) is 0 Å². The van der Waals surface area contributed by atoms with Crippen molar-refractivity contribution in [3.8, 4) is 6.07 Å². The van der Waals surface area contributed by atoms with Crippen molar-refractivity contribution in [3.63, 3.8) is 0 Å². The standard InChI is InChI=1S/C15H17N3O3/c16-11-15(8-3-1-2-4-9-15)17-14(19)12-6-5-7-13(10-12)18(20)21/h5-7,10H,1-4,8-9H2,(H,17,19). The van der Waals surface area contributed by atoms with E-state index in [1.165, 1.54) is 24.3 Å². The van der Waals surface area contributed by atoms with Crippen molar-refractivity contribution in [1.29, 1.82) is 5.26 Å². The Hall–Kier alpha value is -2.42. The Bertz CT molecular complexity index is 584. The number of hydrogen-bond acceptors (Lipinski definition) is 4. The van der Waals surface area contributed by atoms with Crippen LogP contribution in [0.2, 0.25) is 0 Å². The van der Waals surface area contributed by atoms with Crippen LogP contribution in [0.4, 0.5) is 5.69 Å². The molecule has 0 atom stereocenters. The summed E-state index contributed by atoms with van der Waals surface area (Å²) in [7, 11) is 0. The fourth-order valence-corrected chi connectivity index (χ4v) is 2.65. The van der Waals surface area contributed by atoms with Gasteiger partial charge in [0.1, 0.15) is 5.54 Å². The molecule has 1 saturated carbocycles. The Morgan fingerprint density at radius 1 is 1.29 bits per heavy atom. The first kappa shape index (κ1) is 15.0. The van der Waals surface area contributed by atoms with Gasteiger partial charge >= 0.3 is 0 Å². The number of nitrogens with one attached hydrogen (secondary N) is 1. The molecule has 1 aromatic carbocycles. The topological polar surface area (TPSA) is 96.0 Å². The molecule has 0 aromatic heterocycles. The second-order valence-electron chi connectivity index (χ2n) is 5.37. The number of nitro benzene ring substituents is 1. The van der Waals surface area contributed by atoms with Crippen molar-refractivity contribution in [2.45, 2.75) is 44.1 Å². The number of non-ortho nitro benzene ring substituents is 1. The summed E-state index contributed by atoms with van der Waals surface area (Å²) in [5.74, 6) is -0.429. The van der Waals surface area contributed by atoms with E-state index in [-0.39, 0.29) is 11.3 Å². The fourth-order valence-electron chi connectivity index (χ4n) is 2.65. The minimum Gasteiger partial charge on any atom is -0.334 e. The molecule has 1 aliphatic carbocycles. The average molecular weight is 287 g/mol. The number of nitrogens with zero attached hydrogens (tertiary/aromatic N) is 2. The molecule has 1 amide bonds. The number of amides is 1. The lowest BCUT2D eigenvalue weighted by Gasteiger charge is -2.26. The molecule has 6 nitrogen and oxygen atoms in total. The summed E-state index contributed by atoms with van der Waals surface area (Å²) < 4.78 is 0. The van der Waals surface area contributed by atoms with Crippen LogP contribution in [-0.4, -0.2) is 16.4 Å². The molecule has 0 aliphatic heterocycles. The highest BCUT2D eigenvalue weighted by Gasteiger charge is 2.33. The van der Waals surface area contributed by atoms with Crippen LogP contribution in [0.25, 0.3) is 0 Å². The molecule has 6 heteroatoms. The summed E-state index contributed by atoms with van der Waals surface area (Å²) in [5, 5.41) is 23.0. The van der Waals surface area contributed by atoms with E-state index in [2.05, 4.69) is 11.4 Å². The molecule has 0 unspecified atom stereocenters. The summed E-state index contributed by atoms with van der Waals surface area (Å²) in [5.41, 5.74) is -0.768. The summed E-state index contributed by atoms with van der Waals surface area (Å²) in [6.07, 6.45) is 5.20. The number of nitro groups is 1. The second-order valence-corrected chi connectivity index (χ2v) is 5.37. The minimum absolute atomic E-state index is 0.130. The maximum atomic E-state index is 12.3. The zero-order chi connectivity index (χ0) is 15.3. The number of nitriles is 1. The van der Waals surface area contributed by atoms with Gasteiger partial charge < -0.3 is 5.32 Å². The molecule has 1 N–H and O–H groups in total. The van der Waals surface area contributed by atoms with E-state index in [1.807, 2.05) is 0 Å². The van der Waals surface area contributed by atoms with E-state index in [4.69, 9.17) is 0 Å². The molecule has 0 spiro atoms. The van der Waals surface area contributed by atoms with Gasteiger partial charge in [0.05, 0.1) is 11.0 Å². The summed E-state index contributed by atoms with van der Waals surface area (Å²) in [6, 6.07) is 7.79. The number of hydrogen-bond donors (Lipinski definition) is 1. The lowest BCUT2D eigenvalue weighted by atomic mass is 9.91. The van der Waals surface area contributed by atoms with Crippen LogP contribution >= 0.6 is 0 Å². The van der Waals surface area contributed by atoms with Crippen LogP contribution < -0.4 is 5.32 Å². The van der Waals surface area contributed by atoms with Crippen molar-refractivity contribution in [1.82, 2.24) is 5.32 Å². The monoisotopic (exact) mass is 287 g/mol. The maximum absolute atomic E-state index is 12.3. The first-order valence-corrected chi connectivity index (χ1v) is 7.04. The molecule has 0 saturated heterocycles. The molecule has 1 aromatic rings. The van der Waals surface area contributed by atoms with Gasteiger partial charge in [-0.25, -0.2) is 0 Å². The van der Waals surface area contributed by atoms with E-state index in [9.17, 15) is 20.2 Å². The summed E-state index contributed by atoms with van der Waals surface area (Å²) in [6.45, 7) is 0. The van der Waals surface area contributed by atoms with Gasteiger partial charge in [-0.05, 0) is 18.9 Å². The Morgan fingerprint density at radius 3 is 2.52 bits per heavy atom. The lowest BCUT2D eigenvalue weighted by Crippen LogP contribution is -2.47. The van der Waals surface area contributed by atoms with Crippen LogP contribution in [0.15, 0.2) is 24.3 Å². The van der Waals surface area contributed by atoms with E-state index in [0.29, 0.717) is 12.8 Å². The minimum atomic E-state index is -0.849. The Labute approximate surface area is 122 Å². The number of rotatable bonds is 3. The van der Waals surface area contributed by atoms with Crippen molar-refractivity contribution in [2.24, 2.45) is 0 Å². The molecule has 1 aliphatic rings. The second kappa shape index (κ2) is 6.35. The highest BCUT2D eigenvalue weighted by Crippen LogP contribution is 2.27. The van der Waals surface area contributed by atoms with E-state index in [0.717, 1.165) is 25.7 Å². The molecular weight excluding hydrogens is 270 g/mol. The van der Waals surface area contributed by atoms with Crippen LogP contribution in [0.5, 0.6) is 0 Å². The van der Waals surface area contributed by atoms with Crippen LogP contribution in [0.3, 0.4) is 0 Å². The first-order chi connectivity index (χ1) is 10.1. The number of benzene rings is 1. The van der Waals surface area contributed by atoms with Gasteiger partial charge in [0.15, 0.2) is 0 Å². The highest BCUT2D eigenvalue weighted by atomic mass is 16.6. The normalized spacial score (nSPS) is 17.3. The van der Waals surface area contributed by atoms with Crippen LogP contribution in [-0.2, 0) is 0 Å². The van der Waals surface area contributed by atoms with Gasteiger partial charge in [0.25, 0.3) is 11.6 Å². The quantitative estimate of drug-likeness (QED) is 0.525. The Morgan fingerprint density at radius 2 is 1.95 bits per heavy atom. The lowest BCUT2D eigenvalue weighted by molar-refractivity contribution is -0.384. The third-order valence-corrected chi connectivity index (χ3v) is 3.84. The smallest absolute Gasteiger partial charge is 0.270 e. The molecule has 2 rings (SSSR count). The van der Waals surface area contributed by atoms with E-state index in [1.54, 1.807) is 0 Å². The predicted octanol–water partition coefficient (Wildman–Crippen LogP) is 2.94. The number of carbonyl (C=O) groups is 1. The highest BCUT2D eigenvalue weighted by molar-refractivity contribution is 5.95. The Balaban J connectivity index is 2.18. The largest absolute Gasteiger partial charge is 0.334 e. The van der Waals surface area contributed by atoms with Gasteiger partial charge in [-0.15, -0.1) is 0 Å². The Kier molecular flexibility index (Phi) is 4.53. The molecule has 0 radical (unpaired) electrons. The van der Waals surface area contributed by atoms with Crippen molar-refractivity contribution in [3.05, 3.63) is 39.9 Å². The van der Waals surface area contributed by atoms with E-state index >= 15 is 0 Å². The van der Waals surface area contributed by atoms with Gasteiger partial charge in [-0.1, -0.05) is 31.7 Å². The van der Waals surface area contributed by atoms with Crippen molar-refractivity contribution < 1.29 is 9.72 Å². The van der Waals surface area contributed by atoms with Gasteiger partial charge in [0, 0.05) is 17.7 Å². The third kappa shape index (κ3) is 3.57. The fraction of sp³-hybridized carbons (Fsp3) is 0.467. The van der Waals surface area contributed by atoms with Crippen LogP contribution in [0, 0.1) is 21.4 Å². The molecule has 0 bridgehead atoms. The third-order valence-electron chi connectivity index (χ3n) is 3.84. The van der Waals surface area contributed by atoms with Gasteiger partial charge in [-0.3, -0.25) is 14.9 Å². The van der Waals surface area contributed by atoms with Gasteiger partial charge in [-0.2, -0.15) is 5.26 Å². The molecule has 21 heavy (non-hydrogen) atoms. The SMILES string of the molecule is N#CC1(NC(=O)c2cccc([N+](=O)[O-])c2)CCCCCC1.